The van der Waals surface area contributed by atoms with E-state index in [9.17, 15) is 14.7 Å². The molecule has 1 amide bonds. The van der Waals surface area contributed by atoms with Crippen molar-refractivity contribution < 1.29 is 19.4 Å². The van der Waals surface area contributed by atoms with Crippen LogP contribution in [0.15, 0.2) is 24.3 Å². The van der Waals surface area contributed by atoms with Crippen molar-refractivity contribution in [1.29, 1.82) is 0 Å². The van der Waals surface area contributed by atoms with Crippen LogP contribution in [-0.4, -0.2) is 35.2 Å². The van der Waals surface area contributed by atoms with Gasteiger partial charge in [-0.1, -0.05) is 37.6 Å². The number of carboxylic acid groups (broad SMARTS) is 1. The molecule has 1 aromatic carbocycles. The lowest BCUT2D eigenvalue weighted by Crippen LogP contribution is -2.76. The quantitative estimate of drug-likeness (QED) is 0.790. The lowest BCUT2D eigenvalue weighted by atomic mass is 9.54. The fourth-order valence-corrected chi connectivity index (χ4v) is 3.37. The van der Waals surface area contributed by atoms with Crippen LogP contribution in [0.2, 0.25) is 5.02 Å². The fraction of sp³-hybridized carbons (Fsp3) is 0.556. The van der Waals surface area contributed by atoms with Gasteiger partial charge >= 0.3 is 5.97 Å². The molecule has 0 spiro atoms. The Kier molecular flexibility index (Phi) is 5.56. The first kappa shape index (κ1) is 18.7. The average molecular weight is 354 g/mol. The topological polar surface area (TPSA) is 75.6 Å². The minimum Gasteiger partial charge on any atom is -0.479 e. The molecular weight excluding hydrogens is 330 g/mol. The van der Waals surface area contributed by atoms with Crippen molar-refractivity contribution in [3.63, 3.8) is 0 Å². The van der Waals surface area contributed by atoms with Crippen molar-refractivity contribution in [3.05, 3.63) is 34.9 Å². The number of aliphatic carboxylic acids is 1. The minimum atomic E-state index is -1.27. The molecule has 2 atom stereocenters. The number of ether oxygens (including phenoxy) is 1. The number of nitrogens with one attached hydrogen (secondary N) is 1. The highest BCUT2D eigenvalue weighted by Crippen LogP contribution is 2.51. The molecule has 1 aliphatic carbocycles. The van der Waals surface area contributed by atoms with Crippen molar-refractivity contribution >= 4 is 23.5 Å². The van der Waals surface area contributed by atoms with Crippen LogP contribution in [-0.2, 0) is 20.7 Å². The monoisotopic (exact) mass is 353 g/mol. The number of rotatable bonds is 7. The summed E-state index contributed by atoms with van der Waals surface area (Å²) < 4.78 is 5.59. The maximum absolute atomic E-state index is 12.3. The van der Waals surface area contributed by atoms with Gasteiger partial charge in [0.2, 0.25) is 5.91 Å². The van der Waals surface area contributed by atoms with Crippen LogP contribution in [0.5, 0.6) is 0 Å². The van der Waals surface area contributed by atoms with Crippen LogP contribution < -0.4 is 5.32 Å². The van der Waals surface area contributed by atoms with Crippen molar-refractivity contribution in [2.45, 2.75) is 51.7 Å². The molecule has 2 N–H and O–H groups in total. The molecule has 6 heteroatoms. The summed E-state index contributed by atoms with van der Waals surface area (Å²) >= 11 is 5.84. The van der Waals surface area contributed by atoms with E-state index in [0.29, 0.717) is 18.1 Å². The second-order valence-electron chi connectivity index (χ2n) is 6.75. The molecule has 1 saturated carbocycles. The summed E-state index contributed by atoms with van der Waals surface area (Å²) in [5.41, 5.74) is -0.951. The molecule has 2 rings (SSSR count). The summed E-state index contributed by atoms with van der Waals surface area (Å²) in [5.74, 6) is -1.28. The van der Waals surface area contributed by atoms with E-state index < -0.39 is 16.9 Å². The average Bonchev–Trinajstić information content (AvgIpc) is 2.52. The zero-order valence-electron chi connectivity index (χ0n) is 14.3. The zero-order valence-corrected chi connectivity index (χ0v) is 15.0. The predicted molar refractivity (Wildman–Crippen MR) is 92.1 cm³/mol. The van der Waals surface area contributed by atoms with Gasteiger partial charge in [0.15, 0.2) is 0 Å². The second-order valence-corrected chi connectivity index (χ2v) is 7.19. The highest BCUT2D eigenvalue weighted by molar-refractivity contribution is 6.30. The lowest BCUT2D eigenvalue weighted by Gasteiger charge is -2.58. The molecule has 0 radical (unpaired) electrons. The van der Waals surface area contributed by atoms with Crippen molar-refractivity contribution in [2.75, 3.05) is 6.61 Å². The van der Waals surface area contributed by atoms with E-state index in [1.807, 2.05) is 32.9 Å². The van der Waals surface area contributed by atoms with E-state index in [-0.39, 0.29) is 24.9 Å². The Bertz CT molecular complexity index is 614. The number of aryl methyl sites for hydroxylation is 1. The summed E-state index contributed by atoms with van der Waals surface area (Å²) in [6.45, 7) is 6.05. The van der Waals surface area contributed by atoms with Gasteiger partial charge in [0.1, 0.15) is 5.54 Å². The molecule has 2 unspecified atom stereocenters. The van der Waals surface area contributed by atoms with E-state index in [1.54, 1.807) is 12.1 Å². The lowest BCUT2D eigenvalue weighted by molar-refractivity contribution is -0.194. The van der Waals surface area contributed by atoms with Crippen molar-refractivity contribution in [3.8, 4) is 0 Å². The Morgan fingerprint density at radius 3 is 2.46 bits per heavy atom. The fourth-order valence-electron chi connectivity index (χ4n) is 3.25. The van der Waals surface area contributed by atoms with E-state index in [0.717, 1.165) is 5.56 Å². The van der Waals surface area contributed by atoms with Crippen LogP contribution in [0.25, 0.3) is 0 Å². The molecular formula is C18H24ClNO4. The Labute approximate surface area is 147 Å². The number of benzene rings is 1. The summed E-state index contributed by atoms with van der Waals surface area (Å²) in [7, 11) is 0. The molecule has 5 nitrogen and oxygen atoms in total. The van der Waals surface area contributed by atoms with E-state index in [2.05, 4.69) is 5.32 Å². The van der Waals surface area contributed by atoms with Gasteiger partial charge in [0.25, 0.3) is 0 Å². The van der Waals surface area contributed by atoms with Crippen molar-refractivity contribution in [1.82, 2.24) is 5.32 Å². The summed E-state index contributed by atoms with van der Waals surface area (Å²) in [6.07, 6.45) is 0.880. The van der Waals surface area contributed by atoms with Crippen LogP contribution in [0.3, 0.4) is 0 Å². The Morgan fingerprint density at radius 2 is 1.96 bits per heavy atom. The standard InChI is InChI=1S/C18H24ClNO4/c1-4-24-14-11-18(16(22)23,17(14,2)3)20-15(21)10-7-12-5-8-13(19)9-6-12/h5-6,8-9,14H,4,7,10-11H2,1-3H3,(H,20,21)(H,22,23). The third-order valence-corrected chi connectivity index (χ3v) is 5.29. The first-order chi connectivity index (χ1) is 11.2. The molecule has 0 aliphatic heterocycles. The van der Waals surface area contributed by atoms with E-state index in [4.69, 9.17) is 16.3 Å². The van der Waals surface area contributed by atoms with Gasteiger partial charge in [-0.2, -0.15) is 0 Å². The molecule has 0 saturated heterocycles. The summed E-state index contributed by atoms with van der Waals surface area (Å²) in [5, 5.41) is 13.1. The highest BCUT2D eigenvalue weighted by Gasteiger charge is 2.66. The Morgan fingerprint density at radius 1 is 1.33 bits per heavy atom. The maximum atomic E-state index is 12.3. The SMILES string of the molecule is CCOC1CC(NC(=O)CCc2ccc(Cl)cc2)(C(=O)O)C1(C)C. The third kappa shape index (κ3) is 3.42. The second kappa shape index (κ2) is 7.11. The van der Waals surface area contributed by atoms with Crippen LogP contribution in [0.4, 0.5) is 0 Å². The van der Waals surface area contributed by atoms with Gasteiger partial charge in [-0.25, -0.2) is 4.79 Å². The van der Waals surface area contributed by atoms with Gasteiger partial charge in [-0.05, 0) is 31.0 Å². The van der Waals surface area contributed by atoms with E-state index >= 15 is 0 Å². The molecule has 0 aromatic heterocycles. The smallest absolute Gasteiger partial charge is 0.330 e. The molecule has 1 aliphatic rings. The third-order valence-electron chi connectivity index (χ3n) is 5.04. The number of hydrogen-bond donors (Lipinski definition) is 2. The predicted octanol–water partition coefficient (Wildman–Crippen LogP) is 3.05. The summed E-state index contributed by atoms with van der Waals surface area (Å²) in [4.78, 5) is 24.1. The van der Waals surface area contributed by atoms with Gasteiger partial charge in [0, 0.05) is 29.9 Å². The summed E-state index contributed by atoms with van der Waals surface area (Å²) in [6, 6.07) is 7.27. The molecule has 0 bridgehead atoms. The van der Waals surface area contributed by atoms with Crippen LogP contribution >= 0.6 is 11.6 Å². The number of carbonyl (C=O) groups is 2. The van der Waals surface area contributed by atoms with E-state index in [1.165, 1.54) is 0 Å². The van der Waals surface area contributed by atoms with Gasteiger partial charge < -0.3 is 15.2 Å². The van der Waals surface area contributed by atoms with Gasteiger partial charge in [-0.3, -0.25) is 4.79 Å². The molecule has 24 heavy (non-hydrogen) atoms. The number of carbonyl (C=O) groups excluding carboxylic acids is 1. The first-order valence-corrected chi connectivity index (χ1v) is 8.51. The zero-order chi connectivity index (χ0) is 18.0. The highest BCUT2D eigenvalue weighted by atomic mass is 35.5. The molecule has 0 heterocycles. The number of amides is 1. The molecule has 1 aromatic rings. The van der Waals surface area contributed by atoms with Crippen molar-refractivity contribution in [2.24, 2.45) is 5.41 Å². The Hall–Kier alpha value is -1.59. The number of carboxylic acids is 1. The molecule has 132 valence electrons. The maximum Gasteiger partial charge on any atom is 0.330 e. The number of halogens is 1. The van der Waals surface area contributed by atoms with Gasteiger partial charge in [0.05, 0.1) is 6.10 Å². The largest absolute Gasteiger partial charge is 0.479 e. The molecule has 1 fully saturated rings. The first-order valence-electron chi connectivity index (χ1n) is 8.13. The van der Waals surface area contributed by atoms with Crippen LogP contribution in [0, 0.1) is 5.41 Å². The van der Waals surface area contributed by atoms with Crippen LogP contribution in [0.1, 0.15) is 39.2 Å². The minimum absolute atomic E-state index is 0.171. The Balaban J connectivity index is 2.00. The number of hydrogen-bond acceptors (Lipinski definition) is 3. The van der Waals surface area contributed by atoms with Gasteiger partial charge in [-0.15, -0.1) is 0 Å². The normalized spacial score (nSPS) is 24.9.